The van der Waals surface area contributed by atoms with E-state index in [1.807, 2.05) is 37.3 Å². The van der Waals surface area contributed by atoms with Crippen molar-refractivity contribution in [3.8, 4) is 17.1 Å². The Bertz CT molecular complexity index is 1050. The summed E-state index contributed by atoms with van der Waals surface area (Å²) in [5.74, 6) is 1.69. The molecule has 0 aliphatic carbocycles. The third kappa shape index (κ3) is 4.08. The first-order valence-corrected chi connectivity index (χ1v) is 9.80. The number of anilines is 1. The molecule has 7 nitrogen and oxygen atoms in total. The van der Waals surface area contributed by atoms with E-state index in [1.165, 1.54) is 0 Å². The second kappa shape index (κ2) is 7.95. The van der Waals surface area contributed by atoms with E-state index < -0.39 is 6.09 Å². The van der Waals surface area contributed by atoms with E-state index in [9.17, 15) is 9.90 Å². The number of aryl methyl sites for hydroxylation is 1. The number of carboxylic acid groups (broad SMARTS) is 1. The minimum atomic E-state index is -0.994. The van der Waals surface area contributed by atoms with E-state index in [-0.39, 0.29) is 11.7 Å². The predicted molar refractivity (Wildman–Crippen MR) is 112 cm³/mol. The fourth-order valence-electron chi connectivity index (χ4n) is 3.90. The summed E-state index contributed by atoms with van der Waals surface area (Å²) in [5.41, 5.74) is 2.53. The molecule has 0 unspecified atom stereocenters. The Morgan fingerprint density at radius 3 is 2.86 bits per heavy atom. The number of para-hydroxylation sites is 1. The Morgan fingerprint density at radius 2 is 2.07 bits per heavy atom. The smallest absolute Gasteiger partial charge is 0.404 e. The molecule has 0 radical (unpaired) electrons. The summed E-state index contributed by atoms with van der Waals surface area (Å²) in [6, 6.07) is 13.2. The van der Waals surface area contributed by atoms with Gasteiger partial charge in [0.25, 0.3) is 0 Å². The Kier molecular flexibility index (Phi) is 5.20. The molecule has 1 amide bonds. The van der Waals surface area contributed by atoms with Crippen LogP contribution in [0.1, 0.15) is 18.4 Å². The normalized spacial score (nSPS) is 16.7. The number of hydrogen-bond acceptors (Lipinski definition) is 5. The molecule has 3 aromatic rings. The van der Waals surface area contributed by atoms with Gasteiger partial charge in [-0.2, -0.15) is 0 Å². The summed E-state index contributed by atoms with van der Waals surface area (Å²) < 4.78 is 0. The fourth-order valence-corrected chi connectivity index (χ4v) is 3.90. The monoisotopic (exact) mass is 392 g/mol. The summed E-state index contributed by atoms with van der Waals surface area (Å²) in [5, 5.41) is 22.7. The first-order valence-electron chi connectivity index (χ1n) is 9.80. The van der Waals surface area contributed by atoms with Gasteiger partial charge < -0.3 is 20.4 Å². The van der Waals surface area contributed by atoms with Gasteiger partial charge in [0.15, 0.2) is 5.82 Å². The molecule has 0 spiro atoms. The highest BCUT2D eigenvalue weighted by Gasteiger charge is 2.24. The molecule has 29 heavy (non-hydrogen) atoms. The van der Waals surface area contributed by atoms with Gasteiger partial charge in [-0.15, -0.1) is 0 Å². The number of fused-ring (bicyclic) bond motifs is 1. The maximum absolute atomic E-state index is 10.9. The van der Waals surface area contributed by atoms with Gasteiger partial charge >= 0.3 is 6.09 Å². The number of aromatic hydroxyl groups is 1. The summed E-state index contributed by atoms with van der Waals surface area (Å²) in [4.78, 5) is 22.6. The van der Waals surface area contributed by atoms with E-state index in [2.05, 4.69) is 10.2 Å². The van der Waals surface area contributed by atoms with Gasteiger partial charge in [-0.25, -0.2) is 14.8 Å². The van der Waals surface area contributed by atoms with Crippen molar-refractivity contribution in [1.29, 1.82) is 0 Å². The lowest BCUT2D eigenvalue weighted by atomic mass is 9.97. The number of amides is 1. The molecule has 7 heteroatoms. The predicted octanol–water partition coefficient (Wildman–Crippen LogP) is 3.79. The van der Waals surface area contributed by atoms with Crippen molar-refractivity contribution < 1.29 is 15.0 Å². The number of nitrogens with zero attached hydrogens (tertiary/aromatic N) is 3. The van der Waals surface area contributed by atoms with E-state index >= 15 is 0 Å². The van der Waals surface area contributed by atoms with Crippen LogP contribution in [-0.2, 0) is 0 Å². The molecule has 150 valence electrons. The van der Waals surface area contributed by atoms with Crippen LogP contribution in [0.4, 0.5) is 10.6 Å². The number of benzene rings is 2. The van der Waals surface area contributed by atoms with Crippen molar-refractivity contribution in [3.63, 3.8) is 0 Å². The zero-order valence-corrected chi connectivity index (χ0v) is 16.3. The average molecular weight is 392 g/mol. The highest BCUT2D eigenvalue weighted by atomic mass is 16.4. The number of hydrogen-bond donors (Lipinski definition) is 3. The molecular weight excluding hydrogens is 368 g/mol. The van der Waals surface area contributed by atoms with Crippen LogP contribution >= 0.6 is 0 Å². The van der Waals surface area contributed by atoms with Crippen LogP contribution in [0.15, 0.2) is 42.5 Å². The number of piperidine rings is 1. The van der Waals surface area contributed by atoms with Crippen LogP contribution in [0.3, 0.4) is 0 Å². The van der Waals surface area contributed by atoms with Gasteiger partial charge in [-0.1, -0.05) is 18.2 Å². The highest BCUT2D eigenvalue weighted by Crippen LogP contribution is 2.33. The Balaban J connectivity index is 1.76. The van der Waals surface area contributed by atoms with Gasteiger partial charge in [0, 0.05) is 25.0 Å². The van der Waals surface area contributed by atoms with E-state index in [4.69, 9.17) is 15.1 Å². The molecule has 0 saturated carbocycles. The molecule has 0 bridgehead atoms. The molecule has 4 rings (SSSR count). The van der Waals surface area contributed by atoms with E-state index in [0.717, 1.165) is 48.2 Å². The molecule has 1 aliphatic rings. The maximum atomic E-state index is 10.9. The van der Waals surface area contributed by atoms with Crippen molar-refractivity contribution >= 4 is 22.8 Å². The van der Waals surface area contributed by atoms with E-state index in [0.29, 0.717) is 17.9 Å². The van der Waals surface area contributed by atoms with Crippen LogP contribution in [0.2, 0.25) is 0 Å². The van der Waals surface area contributed by atoms with E-state index in [1.54, 1.807) is 12.1 Å². The summed E-state index contributed by atoms with van der Waals surface area (Å²) in [6.45, 7) is 4.03. The molecule has 1 atom stereocenters. The molecular formula is C22H24N4O3. The second-order valence-corrected chi connectivity index (χ2v) is 7.55. The Morgan fingerprint density at radius 1 is 1.24 bits per heavy atom. The Labute approximate surface area is 169 Å². The number of aromatic nitrogens is 2. The van der Waals surface area contributed by atoms with Crippen LogP contribution in [0.5, 0.6) is 5.75 Å². The molecule has 1 aliphatic heterocycles. The molecule has 1 saturated heterocycles. The summed E-state index contributed by atoms with van der Waals surface area (Å²) in [7, 11) is 0. The number of carbonyl (C=O) groups is 1. The molecule has 1 aromatic heterocycles. The lowest BCUT2D eigenvalue weighted by Gasteiger charge is -2.34. The maximum Gasteiger partial charge on any atom is 0.404 e. The van der Waals surface area contributed by atoms with Crippen molar-refractivity contribution in [2.45, 2.75) is 19.8 Å². The van der Waals surface area contributed by atoms with Gasteiger partial charge in [0.05, 0.1) is 11.1 Å². The van der Waals surface area contributed by atoms with Crippen LogP contribution in [-0.4, -0.2) is 45.9 Å². The minimum absolute atomic E-state index is 0.146. The zero-order valence-electron chi connectivity index (χ0n) is 16.3. The highest BCUT2D eigenvalue weighted by molar-refractivity contribution is 5.92. The summed E-state index contributed by atoms with van der Waals surface area (Å²) >= 11 is 0. The van der Waals surface area contributed by atoms with Crippen molar-refractivity contribution in [2.24, 2.45) is 5.92 Å². The van der Waals surface area contributed by atoms with Crippen LogP contribution in [0, 0.1) is 12.8 Å². The molecule has 2 heterocycles. The minimum Gasteiger partial charge on any atom is -0.507 e. The average Bonchev–Trinajstić information content (AvgIpc) is 2.72. The lowest BCUT2D eigenvalue weighted by Crippen LogP contribution is -2.41. The van der Waals surface area contributed by atoms with Gasteiger partial charge in [0.1, 0.15) is 11.6 Å². The molecule has 3 N–H and O–H groups in total. The standard InChI is InChI=1S/C22H24N4O3/c1-14-8-9-16-18(11-14)24-20(17-6-2-3-7-19(17)27)25-21(16)26-10-4-5-15(13-26)12-23-22(28)29/h2-3,6-9,11,15,23,27H,4-5,10,12-13H2,1H3,(H,28,29)/t15-/m1/s1. The summed E-state index contributed by atoms with van der Waals surface area (Å²) in [6.07, 6.45) is 0.951. The topological polar surface area (TPSA) is 98.6 Å². The Hall–Kier alpha value is -3.35. The second-order valence-electron chi connectivity index (χ2n) is 7.55. The third-order valence-corrected chi connectivity index (χ3v) is 5.34. The SMILES string of the molecule is Cc1ccc2c(N3CCC[C@H](CNC(=O)O)C3)nc(-c3ccccc3O)nc2c1. The largest absolute Gasteiger partial charge is 0.507 e. The van der Waals surface area contributed by atoms with Gasteiger partial charge in [0.2, 0.25) is 0 Å². The number of rotatable bonds is 4. The van der Waals surface area contributed by atoms with Crippen molar-refractivity contribution in [1.82, 2.24) is 15.3 Å². The molecule has 2 aromatic carbocycles. The van der Waals surface area contributed by atoms with Gasteiger partial charge in [-0.05, 0) is 55.5 Å². The van der Waals surface area contributed by atoms with Crippen LogP contribution < -0.4 is 10.2 Å². The number of phenolic OH excluding ortho intramolecular Hbond substituents is 1. The zero-order chi connectivity index (χ0) is 20.4. The quantitative estimate of drug-likeness (QED) is 0.625. The fraction of sp³-hybridized carbons (Fsp3) is 0.318. The first kappa shape index (κ1) is 19.0. The lowest BCUT2D eigenvalue weighted by molar-refractivity contribution is 0.191. The van der Waals surface area contributed by atoms with Crippen LogP contribution in [0.25, 0.3) is 22.3 Å². The number of phenols is 1. The van der Waals surface area contributed by atoms with Gasteiger partial charge in [-0.3, -0.25) is 0 Å². The molecule has 1 fully saturated rings. The van der Waals surface area contributed by atoms with Crippen molar-refractivity contribution in [3.05, 3.63) is 48.0 Å². The first-order chi connectivity index (χ1) is 14.0. The third-order valence-electron chi connectivity index (χ3n) is 5.34. The number of nitrogens with one attached hydrogen (secondary N) is 1. The van der Waals surface area contributed by atoms with Crippen molar-refractivity contribution in [2.75, 3.05) is 24.5 Å².